The summed E-state index contributed by atoms with van der Waals surface area (Å²) in [7, 11) is 1.64. The van der Waals surface area contributed by atoms with E-state index in [-0.39, 0.29) is 18.3 Å². The second-order valence-corrected chi connectivity index (χ2v) is 6.21. The van der Waals surface area contributed by atoms with Crippen molar-refractivity contribution in [2.45, 2.75) is 18.9 Å². The zero-order chi connectivity index (χ0) is 16.6. The molecule has 23 heavy (non-hydrogen) atoms. The molecule has 2 aromatic rings. The van der Waals surface area contributed by atoms with Gasteiger partial charge in [0.25, 0.3) is 0 Å². The van der Waals surface area contributed by atoms with Crippen LogP contribution in [-0.2, 0) is 10.3 Å². The standard InChI is InChI=1S/C17H17ClN4O/c1-17(10-15(23)22(2)16(19)21-17)13-5-3-4-11(8-13)12-6-7-20-14(18)9-12/h3-9H,10H2,1-2H3,(H2,19,21)/t17-/m0/s1. The van der Waals surface area contributed by atoms with Crippen LogP contribution in [0.3, 0.4) is 0 Å². The number of aliphatic imine (C=N–C) groups is 1. The minimum atomic E-state index is -0.666. The lowest BCUT2D eigenvalue weighted by atomic mass is 9.86. The fraction of sp³-hybridized carbons (Fsp3) is 0.235. The molecule has 0 aliphatic carbocycles. The number of nitrogens with two attached hydrogens (primary N) is 1. The van der Waals surface area contributed by atoms with Gasteiger partial charge in [-0.3, -0.25) is 9.69 Å². The van der Waals surface area contributed by atoms with E-state index < -0.39 is 5.54 Å². The third-order valence-corrected chi connectivity index (χ3v) is 4.33. The number of hydrogen-bond donors (Lipinski definition) is 1. The van der Waals surface area contributed by atoms with Crippen LogP contribution in [0, 0.1) is 0 Å². The zero-order valence-electron chi connectivity index (χ0n) is 13.0. The van der Waals surface area contributed by atoms with E-state index in [0.29, 0.717) is 5.15 Å². The molecule has 0 radical (unpaired) electrons. The Morgan fingerprint density at radius 1 is 1.26 bits per heavy atom. The monoisotopic (exact) mass is 328 g/mol. The van der Waals surface area contributed by atoms with Crippen molar-refractivity contribution in [1.82, 2.24) is 9.88 Å². The summed E-state index contributed by atoms with van der Waals surface area (Å²) in [6.45, 7) is 1.92. The van der Waals surface area contributed by atoms with Crippen molar-refractivity contribution in [3.05, 3.63) is 53.3 Å². The van der Waals surface area contributed by atoms with E-state index in [1.54, 1.807) is 19.3 Å². The van der Waals surface area contributed by atoms with Gasteiger partial charge >= 0.3 is 0 Å². The number of pyridine rings is 1. The van der Waals surface area contributed by atoms with Gasteiger partial charge in [0.1, 0.15) is 5.15 Å². The quantitative estimate of drug-likeness (QED) is 0.862. The lowest BCUT2D eigenvalue weighted by Crippen LogP contribution is -2.47. The van der Waals surface area contributed by atoms with Crippen LogP contribution in [0.5, 0.6) is 0 Å². The van der Waals surface area contributed by atoms with Gasteiger partial charge in [-0.15, -0.1) is 0 Å². The zero-order valence-corrected chi connectivity index (χ0v) is 13.7. The molecule has 1 aliphatic heterocycles. The van der Waals surface area contributed by atoms with Crippen LogP contribution in [0.1, 0.15) is 18.9 Å². The minimum Gasteiger partial charge on any atom is -0.369 e. The third kappa shape index (κ3) is 2.92. The summed E-state index contributed by atoms with van der Waals surface area (Å²) in [6, 6.07) is 11.6. The molecule has 0 fully saturated rings. The number of amides is 1. The molecule has 5 nitrogen and oxygen atoms in total. The second kappa shape index (κ2) is 5.66. The lowest BCUT2D eigenvalue weighted by molar-refractivity contribution is -0.128. The molecule has 0 saturated heterocycles. The molecule has 1 aromatic carbocycles. The van der Waals surface area contributed by atoms with Crippen molar-refractivity contribution >= 4 is 23.5 Å². The number of carbonyl (C=O) groups is 1. The van der Waals surface area contributed by atoms with E-state index in [0.717, 1.165) is 16.7 Å². The van der Waals surface area contributed by atoms with Crippen molar-refractivity contribution in [3.63, 3.8) is 0 Å². The number of halogens is 1. The first-order valence-electron chi connectivity index (χ1n) is 7.23. The van der Waals surface area contributed by atoms with Crippen molar-refractivity contribution < 1.29 is 4.79 Å². The van der Waals surface area contributed by atoms with Gasteiger partial charge in [-0.05, 0) is 41.8 Å². The fourth-order valence-corrected chi connectivity index (χ4v) is 2.86. The van der Waals surface area contributed by atoms with Gasteiger partial charge in [0.05, 0.1) is 12.0 Å². The van der Waals surface area contributed by atoms with E-state index in [9.17, 15) is 4.79 Å². The molecule has 118 valence electrons. The SMILES string of the molecule is CN1C(=O)C[C@@](C)(c2cccc(-c3ccnc(Cl)c3)c2)N=C1N. The molecule has 1 amide bonds. The summed E-state index contributed by atoms with van der Waals surface area (Å²) in [5.74, 6) is 0.193. The smallest absolute Gasteiger partial charge is 0.231 e. The largest absolute Gasteiger partial charge is 0.369 e. The van der Waals surface area contributed by atoms with Gasteiger partial charge in [-0.2, -0.15) is 0 Å². The number of aromatic nitrogens is 1. The maximum atomic E-state index is 12.1. The Kier molecular flexibility index (Phi) is 3.82. The summed E-state index contributed by atoms with van der Waals surface area (Å²) in [4.78, 5) is 22.0. The molecule has 2 N–H and O–H groups in total. The molecule has 0 spiro atoms. The minimum absolute atomic E-state index is 0.0441. The molecular weight excluding hydrogens is 312 g/mol. The molecule has 2 heterocycles. The Balaban J connectivity index is 2.05. The molecule has 1 atom stereocenters. The Morgan fingerprint density at radius 3 is 2.70 bits per heavy atom. The van der Waals surface area contributed by atoms with Crippen LogP contribution in [0.2, 0.25) is 5.15 Å². The first-order valence-corrected chi connectivity index (χ1v) is 7.61. The molecule has 1 aliphatic rings. The molecule has 6 heteroatoms. The van der Waals surface area contributed by atoms with Gasteiger partial charge in [0, 0.05) is 13.2 Å². The summed E-state index contributed by atoms with van der Waals surface area (Å²) >= 11 is 5.97. The van der Waals surface area contributed by atoms with Gasteiger partial charge < -0.3 is 5.73 Å². The van der Waals surface area contributed by atoms with Crippen LogP contribution < -0.4 is 5.73 Å². The number of carbonyl (C=O) groups excluding carboxylic acids is 1. The molecule has 3 rings (SSSR count). The maximum Gasteiger partial charge on any atom is 0.231 e. The molecule has 0 bridgehead atoms. The highest BCUT2D eigenvalue weighted by Crippen LogP contribution is 2.35. The Labute approximate surface area is 139 Å². The van der Waals surface area contributed by atoms with Gasteiger partial charge in [-0.25, -0.2) is 9.98 Å². The van der Waals surface area contributed by atoms with Crippen LogP contribution in [0.15, 0.2) is 47.6 Å². The van der Waals surface area contributed by atoms with E-state index in [1.165, 1.54) is 4.90 Å². The predicted molar refractivity (Wildman–Crippen MR) is 91.0 cm³/mol. The van der Waals surface area contributed by atoms with Crippen molar-refractivity contribution in [2.24, 2.45) is 10.7 Å². The topological polar surface area (TPSA) is 71.6 Å². The average molecular weight is 329 g/mol. The Morgan fingerprint density at radius 2 is 2.00 bits per heavy atom. The van der Waals surface area contributed by atoms with Crippen LogP contribution in [-0.4, -0.2) is 28.8 Å². The van der Waals surface area contributed by atoms with Crippen molar-refractivity contribution in [2.75, 3.05) is 7.05 Å². The van der Waals surface area contributed by atoms with E-state index in [1.807, 2.05) is 37.3 Å². The lowest BCUT2D eigenvalue weighted by Gasteiger charge is -2.33. The first kappa shape index (κ1) is 15.5. The molecule has 0 unspecified atom stereocenters. The number of nitrogens with zero attached hydrogens (tertiary/aromatic N) is 3. The highest BCUT2D eigenvalue weighted by Gasteiger charge is 2.36. The molecule has 1 aromatic heterocycles. The highest BCUT2D eigenvalue weighted by atomic mass is 35.5. The van der Waals surface area contributed by atoms with E-state index in [2.05, 4.69) is 9.98 Å². The van der Waals surface area contributed by atoms with Crippen LogP contribution in [0.25, 0.3) is 11.1 Å². The number of benzene rings is 1. The Hall–Kier alpha value is -2.40. The maximum absolute atomic E-state index is 12.1. The summed E-state index contributed by atoms with van der Waals surface area (Å²) in [5.41, 5.74) is 8.11. The second-order valence-electron chi connectivity index (χ2n) is 5.82. The summed E-state index contributed by atoms with van der Waals surface area (Å²) in [5, 5.41) is 0.441. The highest BCUT2D eigenvalue weighted by molar-refractivity contribution is 6.29. The van der Waals surface area contributed by atoms with Crippen molar-refractivity contribution in [3.8, 4) is 11.1 Å². The average Bonchev–Trinajstić information content (AvgIpc) is 2.53. The normalized spacial score (nSPS) is 21.3. The number of rotatable bonds is 2. The van der Waals surface area contributed by atoms with E-state index in [4.69, 9.17) is 17.3 Å². The van der Waals surface area contributed by atoms with Crippen LogP contribution >= 0.6 is 11.6 Å². The molecular formula is C17H17ClN4O. The van der Waals surface area contributed by atoms with E-state index >= 15 is 0 Å². The van der Waals surface area contributed by atoms with Crippen LogP contribution in [0.4, 0.5) is 0 Å². The number of guanidine groups is 1. The van der Waals surface area contributed by atoms with Gasteiger partial charge in [0.15, 0.2) is 5.96 Å². The fourth-order valence-electron chi connectivity index (χ4n) is 2.69. The summed E-state index contributed by atoms with van der Waals surface area (Å²) in [6.07, 6.45) is 1.95. The predicted octanol–water partition coefficient (Wildman–Crippen LogP) is 2.79. The molecule has 0 saturated carbocycles. The van der Waals surface area contributed by atoms with Crippen molar-refractivity contribution in [1.29, 1.82) is 0 Å². The Bertz CT molecular complexity index is 805. The summed E-state index contributed by atoms with van der Waals surface area (Å²) < 4.78 is 0. The first-order chi connectivity index (χ1) is 10.9. The third-order valence-electron chi connectivity index (χ3n) is 4.12. The number of hydrogen-bond acceptors (Lipinski definition) is 4. The van der Waals surface area contributed by atoms with Gasteiger partial charge in [-0.1, -0.05) is 29.8 Å². The van der Waals surface area contributed by atoms with Gasteiger partial charge in [0.2, 0.25) is 5.91 Å².